The average Bonchev–Trinajstić information content (AvgIpc) is 2.72. The molecule has 2 heteroatoms. The Kier molecular flexibility index (Phi) is 4.94. The third-order valence-corrected chi connectivity index (χ3v) is 13.2. The van der Waals surface area contributed by atoms with Crippen molar-refractivity contribution in [3.05, 3.63) is 0 Å². The highest BCUT2D eigenvalue weighted by atomic mass is 16.3. The number of fused-ring (bicyclic) bond motifs is 7. The van der Waals surface area contributed by atoms with Gasteiger partial charge in [0.25, 0.3) is 0 Å². The van der Waals surface area contributed by atoms with Crippen LogP contribution in [0.15, 0.2) is 0 Å². The molecule has 1 N–H and O–H groups in total. The van der Waals surface area contributed by atoms with Crippen LogP contribution in [0.3, 0.4) is 0 Å². The maximum absolute atomic E-state index is 12.5. The van der Waals surface area contributed by atoms with Crippen molar-refractivity contribution in [1.29, 1.82) is 0 Å². The molecular weight excluding hydrogens is 380 g/mol. The monoisotopic (exact) mass is 428 g/mol. The standard InChI is InChI=1S/C29H48O2/c1-19-9-14-29(18-30)16-15-27(5)20(21(29)17-19)7-8-23-26(4)12-11-24(31)25(2,3)22(26)10-13-28(23,27)6/h18-24,31H,7-17H2,1-6H3/t19-,20?,21-,22?,23?,24-,26-,27-,28+,29?/m0/s1. The van der Waals surface area contributed by atoms with Gasteiger partial charge in [-0.3, -0.25) is 0 Å². The van der Waals surface area contributed by atoms with Gasteiger partial charge in [-0.1, -0.05) is 41.5 Å². The molecule has 0 spiro atoms. The Morgan fingerprint density at radius 3 is 2.19 bits per heavy atom. The Morgan fingerprint density at radius 1 is 0.742 bits per heavy atom. The molecule has 31 heavy (non-hydrogen) atoms. The summed E-state index contributed by atoms with van der Waals surface area (Å²) >= 11 is 0. The van der Waals surface area contributed by atoms with Crippen molar-refractivity contribution in [1.82, 2.24) is 0 Å². The summed E-state index contributed by atoms with van der Waals surface area (Å²) in [6.07, 6.45) is 14.7. The van der Waals surface area contributed by atoms with E-state index < -0.39 is 0 Å². The second kappa shape index (κ2) is 6.83. The van der Waals surface area contributed by atoms with Gasteiger partial charge in [0.2, 0.25) is 0 Å². The molecule has 0 aromatic rings. The number of carbonyl (C=O) groups excluding carboxylic acids is 1. The van der Waals surface area contributed by atoms with Gasteiger partial charge in [-0.15, -0.1) is 0 Å². The molecule has 5 fully saturated rings. The molecule has 0 aromatic heterocycles. The minimum atomic E-state index is -0.145. The lowest BCUT2D eigenvalue weighted by Gasteiger charge is -2.73. The number of aliphatic hydroxyl groups is 1. The van der Waals surface area contributed by atoms with Gasteiger partial charge >= 0.3 is 0 Å². The van der Waals surface area contributed by atoms with E-state index in [2.05, 4.69) is 41.5 Å². The molecule has 4 unspecified atom stereocenters. The van der Waals surface area contributed by atoms with Crippen molar-refractivity contribution in [3.8, 4) is 0 Å². The van der Waals surface area contributed by atoms with Crippen LogP contribution in [0.25, 0.3) is 0 Å². The zero-order valence-corrected chi connectivity index (χ0v) is 21.2. The quantitative estimate of drug-likeness (QED) is 0.455. The second-order valence-corrected chi connectivity index (χ2v) is 14.4. The summed E-state index contributed by atoms with van der Waals surface area (Å²) in [4.78, 5) is 12.5. The summed E-state index contributed by atoms with van der Waals surface area (Å²) in [6.45, 7) is 15.1. The van der Waals surface area contributed by atoms with E-state index in [1.165, 1.54) is 57.7 Å². The van der Waals surface area contributed by atoms with Gasteiger partial charge in [0.05, 0.1) is 6.10 Å². The highest BCUT2D eigenvalue weighted by Gasteiger charge is 2.69. The zero-order chi connectivity index (χ0) is 22.4. The maximum Gasteiger partial charge on any atom is 0.126 e. The van der Waals surface area contributed by atoms with Crippen LogP contribution in [0, 0.1) is 56.7 Å². The molecule has 10 atom stereocenters. The van der Waals surface area contributed by atoms with Gasteiger partial charge < -0.3 is 9.90 Å². The molecule has 0 saturated heterocycles. The predicted molar refractivity (Wildman–Crippen MR) is 127 cm³/mol. The maximum atomic E-state index is 12.5. The molecule has 0 bridgehead atoms. The Hall–Kier alpha value is -0.370. The molecule has 2 nitrogen and oxygen atoms in total. The van der Waals surface area contributed by atoms with Gasteiger partial charge in [0.15, 0.2) is 0 Å². The van der Waals surface area contributed by atoms with E-state index in [4.69, 9.17) is 0 Å². The minimum Gasteiger partial charge on any atom is -0.393 e. The normalized spacial score (nSPS) is 58.3. The molecule has 0 heterocycles. The van der Waals surface area contributed by atoms with Gasteiger partial charge in [-0.05, 0) is 122 Å². The number of rotatable bonds is 1. The van der Waals surface area contributed by atoms with Crippen LogP contribution >= 0.6 is 0 Å². The van der Waals surface area contributed by atoms with Crippen molar-refractivity contribution < 1.29 is 9.90 Å². The van der Waals surface area contributed by atoms with E-state index in [-0.39, 0.29) is 16.9 Å². The van der Waals surface area contributed by atoms with Crippen LogP contribution < -0.4 is 0 Å². The fraction of sp³-hybridized carbons (Fsp3) is 0.966. The Bertz CT molecular complexity index is 743. The van der Waals surface area contributed by atoms with Gasteiger partial charge in [-0.2, -0.15) is 0 Å². The van der Waals surface area contributed by atoms with E-state index in [1.807, 2.05) is 0 Å². The van der Waals surface area contributed by atoms with E-state index in [0.717, 1.165) is 37.0 Å². The van der Waals surface area contributed by atoms with Crippen molar-refractivity contribution in [3.63, 3.8) is 0 Å². The summed E-state index contributed by atoms with van der Waals surface area (Å²) in [5.41, 5.74) is 1.10. The molecule has 0 aromatic carbocycles. The van der Waals surface area contributed by atoms with E-state index in [0.29, 0.717) is 28.1 Å². The summed E-state index contributed by atoms with van der Waals surface area (Å²) < 4.78 is 0. The van der Waals surface area contributed by atoms with Crippen molar-refractivity contribution in [2.45, 2.75) is 118 Å². The predicted octanol–water partition coefficient (Wildman–Crippen LogP) is 7.04. The SMILES string of the molecule is C[C@H]1CCC2(C=O)CC[C@@]3(C)C(CCC4[C@@]5(C)CC[C@H](O)C(C)(C)C5CC[C@]43C)[C@@H]2C1. The first-order valence-corrected chi connectivity index (χ1v) is 13.6. The zero-order valence-electron chi connectivity index (χ0n) is 21.2. The molecular formula is C29H48O2. The third-order valence-electron chi connectivity index (χ3n) is 13.2. The first-order chi connectivity index (χ1) is 14.4. The molecule has 0 amide bonds. The van der Waals surface area contributed by atoms with Crippen LogP contribution in [-0.4, -0.2) is 17.5 Å². The second-order valence-electron chi connectivity index (χ2n) is 14.4. The first-order valence-electron chi connectivity index (χ1n) is 13.6. The number of hydrogen-bond donors (Lipinski definition) is 1. The number of carbonyl (C=O) groups is 1. The van der Waals surface area contributed by atoms with Gasteiger partial charge in [0.1, 0.15) is 6.29 Å². The molecule has 176 valence electrons. The molecule has 5 saturated carbocycles. The van der Waals surface area contributed by atoms with Crippen LogP contribution in [-0.2, 0) is 4.79 Å². The summed E-state index contributed by atoms with van der Waals surface area (Å²) in [6, 6.07) is 0. The van der Waals surface area contributed by atoms with Crippen molar-refractivity contribution in [2.75, 3.05) is 0 Å². The van der Waals surface area contributed by atoms with Crippen LogP contribution in [0.5, 0.6) is 0 Å². The molecule has 5 rings (SSSR count). The van der Waals surface area contributed by atoms with Crippen LogP contribution in [0.2, 0.25) is 0 Å². The largest absolute Gasteiger partial charge is 0.393 e. The lowest BCUT2D eigenvalue weighted by molar-refractivity contribution is -0.249. The molecule has 5 aliphatic rings. The molecule has 0 aliphatic heterocycles. The van der Waals surface area contributed by atoms with Crippen molar-refractivity contribution >= 4 is 6.29 Å². The fourth-order valence-electron chi connectivity index (χ4n) is 11.1. The highest BCUT2D eigenvalue weighted by Crippen LogP contribution is 2.76. The number of hydrogen-bond acceptors (Lipinski definition) is 2. The van der Waals surface area contributed by atoms with E-state index >= 15 is 0 Å². The van der Waals surface area contributed by atoms with Crippen molar-refractivity contribution in [2.24, 2.45) is 56.7 Å². The fourth-order valence-corrected chi connectivity index (χ4v) is 11.1. The van der Waals surface area contributed by atoms with Gasteiger partial charge in [0, 0.05) is 5.41 Å². The third kappa shape index (κ3) is 2.69. The summed E-state index contributed by atoms with van der Waals surface area (Å²) in [5.74, 6) is 3.50. The molecule has 0 radical (unpaired) electrons. The Balaban J connectivity index is 1.53. The minimum absolute atomic E-state index is 0.0159. The topological polar surface area (TPSA) is 37.3 Å². The van der Waals surface area contributed by atoms with Crippen LogP contribution in [0.1, 0.15) is 112 Å². The Morgan fingerprint density at radius 2 is 1.48 bits per heavy atom. The van der Waals surface area contributed by atoms with E-state index in [9.17, 15) is 9.90 Å². The average molecular weight is 429 g/mol. The highest BCUT2D eigenvalue weighted by molar-refractivity contribution is 5.61. The van der Waals surface area contributed by atoms with Gasteiger partial charge in [-0.25, -0.2) is 0 Å². The molecule has 5 aliphatic carbocycles. The summed E-state index contributed by atoms with van der Waals surface area (Å²) in [5, 5.41) is 10.9. The first kappa shape index (κ1) is 22.4. The summed E-state index contributed by atoms with van der Waals surface area (Å²) in [7, 11) is 0. The number of aldehydes is 1. The Labute approximate surface area is 191 Å². The van der Waals surface area contributed by atoms with E-state index in [1.54, 1.807) is 0 Å². The lowest BCUT2D eigenvalue weighted by atomic mass is 9.32. The lowest BCUT2D eigenvalue weighted by Crippen LogP contribution is -2.67. The number of aliphatic hydroxyl groups excluding tert-OH is 1. The van der Waals surface area contributed by atoms with Crippen LogP contribution in [0.4, 0.5) is 0 Å². The smallest absolute Gasteiger partial charge is 0.126 e.